The zero-order valence-electron chi connectivity index (χ0n) is 13.7. The van der Waals surface area contributed by atoms with Crippen LogP contribution in [0.15, 0.2) is 79.6 Å². The van der Waals surface area contributed by atoms with E-state index in [1.807, 2.05) is 42.5 Å². The lowest BCUT2D eigenvalue weighted by molar-refractivity contribution is 0.0762. The van der Waals surface area contributed by atoms with Crippen molar-refractivity contribution in [3.63, 3.8) is 0 Å². The van der Waals surface area contributed by atoms with Gasteiger partial charge in [0, 0.05) is 24.3 Å². The maximum Gasteiger partial charge on any atom is 0.257 e. The Bertz CT molecular complexity index is 873. The van der Waals surface area contributed by atoms with E-state index in [0.717, 1.165) is 11.3 Å². The lowest BCUT2D eigenvalue weighted by Crippen LogP contribution is -2.30. The van der Waals surface area contributed by atoms with E-state index in [1.165, 1.54) is 0 Å². The van der Waals surface area contributed by atoms with E-state index in [2.05, 4.69) is 11.7 Å². The van der Waals surface area contributed by atoms with Crippen LogP contribution in [-0.4, -0.2) is 27.1 Å². The fraction of sp³-hybridized carbons (Fsp3) is 0.100. The Morgan fingerprint density at radius 2 is 2.00 bits per heavy atom. The van der Waals surface area contributed by atoms with Crippen LogP contribution in [0.2, 0.25) is 5.02 Å². The maximum absolute atomic E-state index is 12.8. The molecule has 0 saturated heterocycles. The summed E-state index contributed by atoms with van der Waals surface area (Å²) >= 11 is 6.02. The number of halogens is 1. The Hall–Kier alpha value is -2.85. The zero-order chi connectivity index (χ0) is 17.6. The Labute approximate surface area is 152 Å². The number of amides is 1. The minimum atomic E-state index is -0.0861. The van der Waals surface area contributed by atoms with Crippen molar-refractivity contribution in [1.29, 1.82) is 0 Å². The summed E-state index contributed by atoms with van der Waals surface area (Å²) in [6.07, 6.45) is 5.02. The van der Waals surface area contributed by atoms with Gasteiger partial charge in [-0.1, -0.05) is 54.1 Å². The van der Waals surface area contributed by atoms with E-state index in [9.17, 15) is 4.79 Å². The van der Waals surface area contributed by atoms with Crippen LogP contribution in [0.25, 0.3) is 5.69 Å². The predicted octanol–water partition coefficient (Wildman–Crippen LogP) is 4.35. The molecule has 1 amide bonds. The van der Waals surface area contributed by atoms with Crippen LogP contribution in [0.3, 0.4) is 0 Å². The third kappa shape index (κ3) is 4.17. The Balaban J connectivity index is 1.81. The molecule has 126 valence electrons. The SMILES string of the molecule is C=CCN(Cc1ccccc1)C(=O)c1cnn(-c2cccc(Cl)c2)c1. The normalized spacial score (nSPS) is 10.4. The van der Waals surface area contributed by atoms with Crippen LogP contribution >= 0.6 is 11.6 Å². The summed E-state index contributed by atoms with van der Waals surface area (Å²) in [7, 11) is 0. The molecule has 0 N–H and O–H groups in total. The van der Waals surface area contributed by atoms with Crippen LogP contribution in [0.1, 0.15) is 15.9 Å². The number of carbonyl (C=O) groups is 1. The lowest BCUT2D eigenvalue weighted by Gasteiger charge is -2.20. The summed E-state index contributed by atoms with van der Waals surface area (Å²) in [6.45, 7) is 4.74. The summed E-state index contributed by atoms with van der Waals surface area (Å²) in [5.41, 5.74) is 2.41. The van der Waals surface area contributed by atoms with Crippen molar-refractivity contribution in [3.05, 3.63) is 95.8 Å². The van der Waals surface area contributed by atoms with Crippen LogP contribution in [-0.2, 0) is 6.54 Å². The zero-order valence-corrected chi connectivity index (χ0v) is 14.4. The number of aromatic nitrogens is 2. The van der Waals surface area contributed by atoms with E-state index < -0.39 is 0 Å². The molecule has 5 heteroatoms. The summed E-state index contributed by atoms with van der Waals surface area (Å²) in [4.78, 5) is 14.6. The fourth-order valence-corrected chi connectivity index (χ4v) is 2.74. The first-order chi connectivity index (χ1) is 12.2. The van der Waals surface area contributed by atoms with Gasteiger partial charge in [0.05, 0.1) is 17.4 Å². The molecule has 0 atom stereocenters. The van der Waals surface area contributed by atoms with Gasteiger partial charge < -0.3 is 4.90 Å². The van der Waals surface area contributed by atoms with Crippen molar-refractivity contribution < 1.29 is 4.79 Å². The van der Waals surface area contributed by atoms with Gasteiger partial charge in [0.2, 0.25) is 0 Å². The molecule has 0 bridgehead atoms. The number of hydrogen-bond donors (Lipinski definition) is 0. The third-order valence-corrected chi connectivity index (χ3v) is 3.99. The summed E-state index contributed by atoms with van der Waals surface area (Å²) in [5.74, 6) is -0.0861. The second-order valence-corrected chi connectivity index (χ2v) is 6.05. The van der Waals surface area contributed by atoms with Gasteiger partial charge in [0.1, 0.15) is 0 Å². The number of hydrogen-bond acceptors (Lipinski definition) is 2. The molecule has 0 saturated carbocycles. The molecule has 0 aliphatic carbocycles. The minimum Gasteiger partial charge on any atom is -0.331 e. The predicted molar refractivity (Wildman–Crippen MR) is 100.0 cm³/mol. The second kappa shape index (κ2) is 7.81. The van der Waals surface area contributed by atoms with E-state index in [-0.39, 0.29) is 5.91 Å². The second-order valence-electron chi connectivity index (χ2n) is 5.61. The van der Waals surface area contributed by atoms with E-state index >= 15 is 0 Å². The van der Waals surface area contributed by atoms with Crippen LogP contribution in [0.5, 0.6) is 0 Å². The molecular formula is C20H18ClN3O. The first-order valence-corrected chi connectivity index (χ1v) is 8.30. The third-order valence-electron chi connectivity index (χ3n) is 3.76. The average Bonchev–Trinajstić information content (AvgIpc) is 3.12. The standard InChI is InChI=1S/C20H18ClN3O/c1-2-11-23(14-16-7-4-3-5-8-16)20(25)17-13-22-24(15-17)19-10-6-9-18(21)12-19/h2-10,12-13,15H,1,11,14H2. The van der Waals surface area contributed by atoms with Crippen molar-refractivity contribution in [2.45, 2.75) is 6.54 Å². The quantitative estimate of drug-likeness (QED) is 0.619. The molecule has 0 unspecified atom stereocenters. The first kappa shape index (κ1) is 17.0. The van der Waals surface area contributed by atoms with Crippen LogP contribution < -0.4 is 0 Å². The number of benzene rings is 2. The largest absolute Gasteiger partial charge is 0.331 e. The first-order valence-electron chi connectivity index (χ1n) is 7.92. The van der Waals surface area contributed by atoms with E-state index in [0.29, 0.717) is 23.7 Å². The van der Waals surface area contributed by atoms with Crippen molar-refractivity contribution in [3.8, 4) is 5.69 Å². The highest BCUT2D eigenvalue weighted by atomic mass is 35.5. The number of carbonyl (C=O) groups excluding carboxylic acids is 1. The molecule has 0 spiro atoms. The molecule has 3 rings (SSSR count). The molecule has 0 radical (unpaired) electrons. The van der Waals surface area contributed by atoms with Crippen molar-refractivity contribution in [1.82, 2.24) is 14.7 Å². The highest BCUT2D eigenvalue weighted by molar-refractivity contribution is 6.30. The highest BCUT2D eigenvalue weighted by Crippen LogP contribution is 2.16. The van der Waals surface area contributed by atoms with Crippen LogP contribution in [0.4, 0.5) is 0 Å². The van der Waals surface area contributed by atoms with Crippen molar-refractivity contribution >= 4 is 17.5 Å². The Morgan fingerprint density at radius 3 is 2.72 bits per heavy atom. The van der Waals surface area contributed by atoms with Gasteiger partial charge in [-0.15, -0.1) is 6.58 Å². The Morgan fingerprint density at radius 1 is 1.20 bits per heavy atom. The molecule has 0 aliphatic heterocycles. The molecule has 2 aromatic carbocycles. The van der Waals surface area contributed by atoms with Gasteiger partial charge in [-0.3, -0.25) is 4.79 Å². The molecule has 0 aliphatic rings. The van der Waals surface area contributed by atoms with Gasteiger partial charge in [0.15, 0.2) is 0 Å². The maximum atomic E-state index is 12.8. The molecule has 4 nitrogen and oxygen atoms in total. The fourth-order valence-electron chi connectivity index (χ4n) is 2.55. The smallest absolute Gasteiger partial charge is 0.257 e. The summed E-state index contributed by atoms with van der Waals surface area (Å²) in [5, 5.41) is 4.91. The van der Waals surface area contributed by atoms with Gasteiger partial charge in [-0.2, -0.15) is 5.10 Å². The van der Waals surface area contributed by atoms with E-state index in [1.54, 1.807) is 40.2 Å². The van der Waals surface area contributed by atoms with Crippen molar-refractivity contribution in [2.24, 2.45) is 0 Å². The topological polar surface area (TPSA) is 38.1 Å². The monoisotopic (exact) mass is 351 g/mol. The molecule has 3 aromatic rings. The Kier molecular flexibility index (Phi) is 5.31. The van der Waals surface area contributed by atoms with Gasteiger partial charge in [0.25, 0.3) is 5.91 Å². The highest BCUT2D eigenvalue weighted by Gasteiger charge is 2.17. The average molecular weight is 352 g/mol. The molecule has 1 aromatic heterocycles. The van der Waals surface area contributed by atoms with E-state index in [4.69, 9.17) is 11.6 Å². The molecule has 25 heavy (non-hydrogen) atoms. The van der Waals surface area contributed by atoms with Gasteiger partial charge in [-0.05, 0) is 23.8 Å². The lowest BCUT2D eigenvalue weighted by atomic mass is 10.2. The molecule has 0 fully saturated rings. The van der Waals surface area contributed by atoms with Crippen LogP contribution in [0, 0.1) is 0 Å². The van der Waals surface area contributed by atoms with Gasteiger partial charge in [-0.25, -0.2) is 4.68 Å². The molecular weight excluding hydrogens is 334 g/mol. The molecule has 1 heterocycles. The summed E-state index contributed by atoms with van der Waals surface area (Å²) < 4.78 is 1.65. The minimum absolute atomic E-state index is 0.0861. The number of nitrogens with zero attached hydrogens (tertiary/aromatic N) is 3. The number of rotatable bonds is 6. The van der Waals surface area contributed by atoms with Crippen molar-refractivity contribution in [2.75, 3.05) is 6.54 Å². The summed E-state index contributed by atoms with van der Waals surface area (Å²) in [6, 6.07) is 17.2. The van der Waals surface area contributed by atoms with Gasteiger partial charge >= 0.3 is 0 Å².